The van der Waals surface area contributed by atoms with Gasteiger partial charge in [-0.3, -0.25) is 0 Å². The van der Waals surface area contributed by atoms with Crippen molar-refractivity contribution < 1.29 is 14.3 Å². The van der Waals surface area contributed by atoms with Gasteiger partial charge in [0, 0.05) is 11.5 Å². The Bertz CT molecular complexity index is 1030. The third kappa shape index (κ3) is 3.09. The van der Waals surface area contributed by atoms with Crippen molar-refractivity contribution in [1.29, 1.82) is 0 Å². The van der Waals surface area contributed by atoms with Crippen LogP contribution >= 0.6 is 0 Å². The highest BCUT2D eigenvalue weighted by molar-refractivity contribution is 5.79. The van der Waals surface area contributed by atoms with Crippen LogP contribution in [0.4, 0.5) is 10.5 Å². The molecule has 0 radical (unpaired) electrons. The molecule has 0 spiro atoms. The molecule has 2 N–H and O–H groups in total. The molecule has 0 atom stereocenters. The van der Waals surface area contributed by atoms with Crippen LogP contribution in [0, 0.1) is 0 Å². The standard InChI is InChI=1S/C24H22N2O3/c25-22-11-5-6-16-14-26(12-13-28-23(16)22)24(27)29-15-21-19-9-3-1-7-17(19)18-8-2-4-10-20(18)21/h1-11,21H,12-15,25H2. The lowest BCUT2D eigenvalue weighted by molar-refractivity contribution is 0.0948. The number of para-hydroxylation sites is 1. The van der Waals surface area contributed by atoms with Gasteiger partial charge in [0.05, 0.1) is 18.8 Å². The minimum Gasteiger partial charge on any atom is -0.489 e. The second-order valence-corrected chi connectivity index (χ2v) is 7.41. The highest BCUT2D eigenvalue weighted by Crippen LogP contribution is 2.44. The maximum Gasteiger partial charge on any atom is 0.410 e. The van der Waals surface area contributed by atoms with Crippen LogP contribution in [0.2, 0.25) is 0 Å². The molecule has 1 heterocycles. The molecule has 1 aliphatic carbocycles. The predicted octanol–water partition coefficient (Wildman–Crippen LogP) is 4.41. The van der Waals surface area contributed by atoms with Crippen molar-refractivity contribution in [1.82, 2.24) is 4.90 Å². The molecular formula is C24H22N2O3. The number of fused-ring (bicyclic) bond motifs is 4. The van der Waals surface area contributed by atoms with E-state index in [0.29, 0.717) is 37.7 Å². The Labute approximate surface area is 169 Å². The first-order valence-electron chi connectivity index (χ1n) is 9.82. The summed E-state index contributed by atoms with van der Waals surface area (Å²) < 4.78 is 11.5. The first-order valence-corrected chi connectivity index (χ1v) is 9.82. The number of amides is 1. The topological polar surface area (TPSA) is 64.8 Å². The maximum absolute atomic E-state index is 12.8. The third-order valence-electron chi connectivity index (χ3n) is 5.69. The molecule has 3 aromatic rings. The number of nitrogen functional groups attached to an aromatic ring is 1. The molecule has 1 aliphatic heterocycles. The number of nitrogens with two attached hydrogens (primary N) is 1. The average Bonchev–Trinajstić information content (AvgIpc) is 2.90. The fourth-order valence-corrected chi connectivity index (χ4v) is 4.29. The molecule has 0 saturated heterocycles. The summed E-state index contributed by atoms with van der Waals surface area (Å²) in [6.07, 6.45) is -0.328. The number of hydrogen-bond donors (Lipinski definition) is 1. The molecule has 5 nitrogen and oxygen atoms in total. The molecule has 0 bridgehead atoms. The van der Waals surface area contributed by atoms with Gasteiger partial charge in [0.1, 0.15) is 19.0 Å². The Balaban J connectivity index is 1.34. The molecule has 5 rings (SSSR count). The lowest BCUT2D eigenvalue weighted by atomic mass is 9.98. The average molecular weight is 386 g/mol. The number of anilines is 1. The van der Waals surface area contributed by atoms with E-state index in [2.05, 4.69) is 24.3 Å². The smallest absolute Gasteiger partial charge is 0.410 e. The van der Waals surface area contributed by atoms with Gasteiger partial charge in [0.25, 0.3) is 0 Å². The number of benzene rings is 3. The summed E-state index contributed by atoms with van der Waals surface area (Å²) in [5.41, 5.74) is 12.4. The highest BCUT2D eigenvalue weighted by atomic mass is 16.6. The van der Waals surface area contributed by atoms with E-state index in [9.17, 15) is 4.79 Å². The van der Waals surface area contributed by atoms with Crippen molar-refractivity contribution >= 4 is 11.8 Å². The van der Waals surface area contributed by atoms with Gasteiger partial charge in [-0.15, -0.1) is 0 Å². The van der Waals surface area contributed by atoms with Crippen molar-refractivity contribution in [3.8, 4) is 16.9 Å². The molecule has 0 fully saturated rings. The fourth-order valence-electron chi connectivity index (χ4n) is 4.29. The van der Waals surface area contributed by atoms with E-state index in [0.717, 1.165) is 5.56 Å². The molecular weight excluding hydrogens is 364 g/mol. The van der Waals surface area contributed by atoms with E-state index in [-0.39, 0.29) is 12.0 Å². The number of ether oxygens (including phenoxy) is 2. The molecule has 3 aromatic carbocycles. The molecule has 29 heavy (non-hydrogen) atoms. The van der Waals surface area contributed by atoms with Crippen LogP contribution in [0.15, 0.2) is 66.7 Å². The van der Waals surface area contributed by atoms with Crippen LogP contribution in [0.25, 0.3) is 11.1 Å². The Hall–Kier alpha value is -3.47. The summed E-state index contributed by atoms with van der Waals surface area (Å²) in [5.74, 6) is 0.721. The van der Waals surface area contributed by atoms with Crippen molar-refractivity contribution in [2.45, 2.75) is 12.5 Å². The van der Waals surface area contributed by atoms with Gasteiger partial charge in [-0.25, -0.2) is 4.79 Å². The minimum absolute atomic E-state index is 0.0532. The molecule has 0 saturated carbocycles. The Morgan fingerprint density at radius 3 is 2.41 bits per heavy atom. The molecule has 0 aromatic heterocycles. The number of hydrogen-bond acceptors (Lipinski definition) is 4. The van der Waals surface area contributed by atoms with Crippen LogP contribution in [0.1, 0.15) is 22.6 Å². The Kier molecular flexibility index (Phi) is 4.35. The first-order chi connectivity index (χ1) is 14.2. The summed E-state index contributed by atoms with van der Waals surface area (Å²) >= 11 is 0. The quantitative estimate of drug-likeness (QED) is 0.663. The number of carbonyl (C=O) groups is 1. The van der Waals surface area contributed by atoms with E-state index < -0.39 is 0 Å². The number of carbonyl (C=O) groups excluding carboxylic acids is 1. The van der Waals surface area contributed by atoms with Gasteiger partial charge in [-0.1, -0.05) is 60.7 Å². The van der Waals surface area contributed by atoms with E-state index in [1.165, 1.54) is 22.3 Å². The molecule has 146 valence electrons. The lowest BCUT2D eigenvalue weighted by Gasteiger charge is -2.21. The van der Waals surface area contributed by atoms with E-state index in [1.54, 1.807) is 4.90 Å². The van der Waals surface area contributed by atoms with Crippen LogP contribution in [-0.4, -0.2) is 30.8 Å². The zero-order chi connectivity index (χ0) is 19.8. The first kappa shape index (κ1) is 17.6. The van der Waals surface area contributed by atoms with Gasteiger partial charge >= 0.3 is 6.09 Å². The van der Waals surface area contributed by atoms with Gasteiger partial charge in [-0.2, -0.15) is 0 Å². The summed E-state index contributed by atoms with van der Waals surface area (Å²) in [6, 6.07) is 22.3. The van der Waals surface area contributed by atoms with E-state index in [4.69, 9.17) is 15.2 Å². The second kappa shape index (κ2) is 7.17. The fraction of sp³-hybridized carbons (Fsp3) is 0.208. The number of rotatable bonds is 2. The van der Waals surface area contributed by atoms with Crippen molar-refractivity contribution in [3.63, 3.8) is 0 Å². The molecule has 5 heteroatoms. The predicted molar refractivity (Wildman–Crippen MR) is 112 cm³/mol. The molecule has 1 amide bonds. The third-order valence-corrected chi connectivity index (χ3v) is 5.69. The summed E-state index contributed by atoms with van der Waals surface area (Å²) in [6.45, 7) is 1.60. The van der Waals surface area contributed by atoms with Crippen molar-refractivity contribution in [2.24, 2.45) is 0 Å². The number of nitrogens with zero attached hydrogens (tertiary/aromatic N) is 1. The van der Waals surface area contributed by atoms with Crippen LogP contribution in [0.5, 0.6) is 5.75 Å². The molecule has 0 unspecified atom stereocenters. The lowest BCUT2D eigenvalue weighted by Crippen LogP contribution is -2.33. The van der Waals surface area contributed by atoms with E-state index in [1.807, 2.05) is 42.5 Å². The molecule has 2 aliphatic rings. The van der Waals surface area contributed by atoms with Crippen LogP contribution < -0.4 is 10.5 Å². The minimum atomic E-state index is -0.328. The zero-order valence-corrected chi connectivity index (χ0v) is 16.0. The SMILES string of the molecule is Nc1cccc2c1OCCN(C(=O)OCC1c3ccccc3-c3ccccc31)C2. The van der Waals surface area contributed by atoms with Crippen molar-refractivity contribution in [3.05, 3.63) is 83.4 Å². The van der Waals surface area contributed by atoms with Crippen molar-refractivity contribution in [2.75, 3.05) is 25.5 Å². The van der Waals surface area contributed by atoms with Gasteiger partial charge < -0.3 is 20.1 Å². The van der Waals surface area contributed by atoms with E-state index >= 15 is 0 Å². The van der Waals surface area contributed by atoms with Crippen LogP contribution in [0.3, 0.4) is 0 Å². The van der Waals surface area contributed by atoms with Gasteiger partial charge in [0.15, 0.2) is 0 Å². The van der Waals surface area contributed by atoms with Gasteiger partial charge in [-0.05, 0) is 28.3 Å². The Morgan fingerprint density at radius 2 is 1.69 bits per heavy atom. The van der Waals surface area contributed by atoms with Gasteiger partial charge in [0.2, 0.25) is 0 Å². The highest BCUT2D eigenvalue weighted by Gasteiger charge is 2.30. The largest absolute Gasteiger partial charge is 0.489 e. The summed E-state index contributed by atoms with van der Waals surface area (Å²) in [4.78, 5) is 14.5. The zero-order valence-electron chi connectivity index (χ0n) is 16.0. The summed E-state index contributed by atoms with van der Waals surface area (Å²) in [5, 5.41) is 0. The second-order valence-electron chi connectivity index (χ2n) is 7.41. The Morgan fingerprint density at radius 1 is 1.00 bits per heavy atom. The maximum atomic E-state index is 12.8. The van der Waals surface area contributed by atoms with Crippen LogP contribution in [-0.2, 0) is 11.3 Å². The normalized spacial score (nSPS) is 15.0. The summed E-state index contributed by atoms with van der Waals surface area (Å²) in [7, 11) is 0. The monoisotopic (exact) mass is 386 g/mol.